The standard InChI is InChI=1S/C17H14ClN5OS/c1-17(2)15(24)22(11-4-3-10(8-19)13(18)7-11)16(25)23(17)12-5-6-14(20)21-9-12/h3-7,9H,1-2H3,(H2,20,21). The van der Waals surface area contributed by atoms with Gasteiger partial charge in [0.05, 0.1) is 28.2 Å². The second-order valence-corrected chi connectivity index (χ2v) is 6.81. The van der Waals surface area contributed by atoms with Crippen molar-refractivity contribution in [3.63, 3.8) is 0 Å². The molecule has 1 saturated heterocycles. The molecule has 0 saturated carbocycles. The number of carbonyl (C=O) groups excluding carboxylic acids is 1. The Labute approximate surface area is 155 Å². The number of pyridine rings is 1. The lowest BCUT2D eigenvalue weighted by Crippen LogP contribution is -2.44. The van der Waals surface area contributed by atoms with E-state index >= 15 is 0 Å². The molecular weight excluding hydrogens is 358 g/mol. The molecule has 0 radical (unpaired) electrons. The highest BCUT2D eigenvalue weighted by molar-refractivity contribution is 7.81. The smallest absolute Gasteiger partial charge is 0.259 e. The van der Waals surface area contributed by atoms with Crippen molar-refractivity contribution in [1.82, 2.24) is 4.98 Å². The van der Waals surface area contributed by atoms with E-state index in [4.69, 9.17) is 34.8 Å². The molecule has 2 heterocycles. The van der Waals surface area contributed by atoms with Crippen LogP contribution in [0.4, 0.5) is 17.2 Å². The van der Waals surface area contributed by atoms with E-state index in [-0.39, 0.29) is 10.9 Å². The summed E-state index contributed by atoms with van der Waals surface area (Å²) in [5, 5.41) is 9.58. The van der Waals surface area contributed by atoms with E-state index in [0.29, 0.717) is 27.9 Å². The van der Waals surface area contributed by atoms with Gasteiger partial charge in [-0.15, -0.1) is 0 Å². The average molecular weight is 372 g/mol. The lowest BCUT2D eigenvalue weighted by atomic mass is 10.0. The fraction of sp³-hybridized carbons (Fsp3) is 0.176. The first-order valence-corrected chi connectivity index (χ1v) is 8.16. The van der Waals surface area contributed by atoms with Crippen LogP contribution in [-0.2, 0) is 4.79 Å². The van der Waals surface area contributed by atoms with Gasteiger partial charge in [0.2, 0.25) is 0 Å². The van der Waals surface area contributed by atoms with Crippen LogP contribution in [0.2, 0.25) is 5.02 Å². The van der Waals surface area contributed by atoms with Gasteiger partial charge in [0.1, 0.15) is 17.4 Å². The Hall–Kier alpha value is -2.69. The lowest BCUT2D eigenvalue weighted by molar-refractivity contribution is -0.120. The van der Waals surface area contributed by atoms with Gasteiger partial charge in [-0.05, 0) is 56.4 Å². The monoisotopic (exact) mass is 371 g/mol. The van der Waals surface area contributed by atoms with E-state index in [2.05, 4.69) is 4.98 Å². The maximum absolute atomic E-state index is 13.0. The van der Waals surface area contributed by atoms with Gasteiger partial charge >= 0.3 is 0 Å². The molecule has 2 aromatic rings. The van der Waals surface area contributed by atoms with Gasteiger partial charge in [-0.2, -0.15) is 5.26 Å². The minimum atomic E-state index is -0.907. The molecule has 1 aliphatic rings. The van der Waals surface area contributed by atoms with Crippen LogP contribution in [-0.4, -0.2) is 21.5 Å². The number of amides is 1. The summed E-state index contributed by atoms with van der Waals surface area (Å²) < 4.78 is 0. The molecule has 1 amide bonds. The number of anilines is 3. The molecule has 2 N–H and O–H groups in total. The number of benzene rings is 1. The van der Waals surface area contributed by atoms with E-state index in [1.807, 2.05) is 6.07 Å². The van der Waals surface area contributed by atoms with Gasteiger partial charge in [-0.3, -0.25) is 9.69 Å². The van der Waals surface area contributed by atoms with E-state index < -0.39 is 5.54 Å². The Morgan fingerprint density at radius 2 is 1.96 bits per heavy atom. The number of nitrogen functional groups attached to an aromatic ring is 1. The molecule has 1 aliphatic heterocycles. The number of rotatable bonds is 2. The zero-order valence-corrected chi connectivity index (χ0v) is 15.1. The third kappa shape index (κ3) is 2.69. The van der Waals surface area contributed by atoms with Crippen molar-refractivity contribution >= 4 is 52.0 Å². The molecule has 0 bridgehead atoms. The largest absolute Gasteiger partial charge is 0.384 e. The summed E-state index contributed by atoms with van der Waals surface area (Å²) in [7, 11) is 0. The number of nitrogens with two attached hydrogens (primary N) is 1. The Bertz CT molecular complexity index is 920. The molecule has 25 heavy (non-hydrogen) atoms. The van der Waals surface area contributed by atoms with Crippen molar-refractivity contribution in [2.45, 2.75) is 19.4 Å². The fourth-order valence-corrected chi connectivity index (χ4v) is 3.46. The first-order chi connectivity index (χ1) is 11.8. The summed E-state index contributed by atoms with van der Waals surface area (Å²) in [6, 6.07) is 10.2. The Morgan fingerprint density at radius 3 is 2.52 bits per heavy atom. The topological polar surface area (TPSA) is 86.2 Å². The van der Waals surface area contributed by atoms with Crippen LogP contribution in [0.3, 0.4) is 0 Å². The lowest BCUT2D eigenvalue weighted by Gasteiger charge is -2.29. The van der Waals surface area contributed by atoms with Crippen molar-refractivity contribution in [2.75, 3.05) is 15.5 Å². The maximum Gasteiger partial charge on any atom is 0.259 e. The molecule has 8 heteroatoms. The van der Waals surface area contributed by atoms with Gasteiger partial charge in [0, 0.05) is 0 Å². The molecular formula is C17H14ClN5OS. The van der Waals surface area contributed by atoms with Crippen LogP contribution >= 0.6 is 23.8 Å². The van der Waals surface area contributed by atoms with E-state index in [9.17, 15) is 4.79 Å². The number of hydrogen-bond acceptors (Lipinski definition) is 5. The molecule has 1 aromatic carbocycles. The molecule has 0 spiro atoms. The third-order valence-electron chi connectivity index (χ3n) is 4.03. The van der Waals surface area contributed by atoms with Gasteiger partial charge in [-0.1, -0.05) is 11.6 Å². The molecule has 1 fully saturated rings. The summed E-state index contributed by atoms with van der Waals surface area (Å²) in [6.45, 7) is 3.56. The number of nitrogens with zero attached hydrogens (tertiary/aromatic N) is 4. The van der Waals surface area contributed by atoms with Gasteiger partial charge in [0.25, 0.3) is 5.91 Å². The predicted octanol–water partition coefficient (Wildman–Crippen LogP) is 3.11. The highest BCUT2D eigenvalue weighted by Gasteiger charge is 2.50. The molecule has 0 aliphatic carbocycles. The minimum Gasteiger partial charge on any atom is -0.384 e. The normalized spacial score (nSPS) is 16.2. The molecule has 126 valence electrons. The highest BCUT2D eigenvalue weighted by Crippen LogP contribution is 2.37. The van der Waals surface area contributed by atoms with Gasteiger partial charge < -0.3 is 10.6 Å². The van der Waals surface area contributed by atoms with Gasteiger partial charge in [0.15, 0.2) is 5.11 Å². The number of halogens is 1. The minimum absolute atomic E-state index is 0.199. The first kappa shape index (κ1) is 17.1. The van der Waals surface area contributed by atoms with Crippen LogP contribution in [0.5, 0.6) is 0 Å². The zero-order chi connectivity index (χ0) is 18.4. The number of aromatic nitrogens is 1. The van der Waals surface area contributed by atoms with Crippen LogP contribution in [0.15, 0.2) is 36.5 Å². The summed E-state index contributed by atoms with van der Waals surface area (Å²) in [4.78, 5) is 20.2. The maximum atomic E-state index is 13.0. The van der Waals surface area contributed by atoms with Crippen LogP contribution in [0.1, 0.15) is 19.4 Å². The van der Waals surface area contributed by atoms with Gasteiger partial charge in [-0.25, -0.2) is 4.98 Å². The van der Waals surface area contributed by atoms with E-state index in [1.165, 1.54) is 4.90 Å². The average Bonchev–Trinajstić information content (AvgIpc) is 2.74. The molecule has 0 atom stereocenters. The molecule has 3 rings (SSSR count). The number of carbonyl (C=O) groups is 1. The highest BCUT2D eigenvalue weighted by atomic mass is 35.5. The number of thiocarbonyl (C=S) groups is 1. The van der Waals surface area contributed by atoms with E-state index in [0.717, 1.165) is 0 Å². The van der Waals surface area contributed by atoms with Crippen molar-refractivity contribution in [3.05, 3.63) is 47.1 Å². The van der Waals surface area contributed by atoms with Crippen LogP contribution in [0.25, 0.3) is 0 Å². The summed E-state index contributed by atoms with van der Waals surface area (Å²) >= 11 is 11.7. The SMILES string of the molecule is CC1(C)C(=O)N(c2ccc(C#N)c(Cl)c2)C(=S)N1c1ccc(N)nc1. The molecule has 1 aromatic heterocycles. The fourth-order valence-electron chi connectivity index (χ4n) is 2.72. The van der Waals surface area contributed by atoms with Crippen molar-refractivity contribution in [2.24, 2.45) is 0 Å². The zero-order valence-electron chi connectivity index (χ0n) is 13.5. The van der Waals surface area contributed by atoms with Crippen LogP contribution < -0.4 is 15.5 Å². The second kappa shape index (κ2) is 5.99. The van der Waals surface area contributed by atoms with E-state index in [1.54, 1.807) is 55.3 Å². The van der Waals surface area contributed by atoms with Crippen molar-refractivity contribution in [3.8, 4) is 6.07 Å². The summed E-state index contributed by atoms with van der Waals surface area (Å²) in [6.07, 6.45) is 1.58. The van der Waals surface area contributed by atoms with Crippen LogP contribution in [0, 0.1) is 11.3 Å². The molecule has 6 nitrogen and oxygen atoms in total. The first-order valence-electron chi connectivity index (χ1n) is 7.37. The Kier molecular flexibility index (Phi) is 4.11. The summed E-state index contributed by atoms with van der Waals surface area (Å²) in [5.41, 5.74) is 6.24. The Balaban J connectivity index is 2.07. The predicted molar refractivity (Wildman–Crippen MR) is 101 cm³/mol. The number of nitriles is 1. The molecule has 0 unspecified atom stereocenters. The quantitative estimate of drug-likeness (QED) is 0.816. The van der Waals surface area contributed by atoms with Crippen molar-refractivity contribution in [1.29, 1.82) is 5.26 Å². The Morgan fingerprint density at radius 1 is 1.28 bits per heavy atom. The second-order valence-electron chi connectivity index (χ2n) is 6.03. The third-order valence-corrected chi connectivity index (χ3v) is 4.71. The summed E-state index contributed by atoms with van der Waals surface area (Å²) in [5.74, 6) is 0.184. The van der Waals surface area contributed by atoms with Crippen molar-refractivity contribution < 1.29 is 4.79 Å². The number of hydrogen-bond donors (Lipinski definition) is 1.